The molecule has 0 bridgehead atoms. The maximum absolute atomic E-state index is 10.9. The Morgan fingerprint density at radius 3 is 2.82 bits per heavy atom. The van der Waals surface area contributed by atoms with E-state index in [1.807, 2.05) is 13.0 Å². The molecular weight excluding hydrogens is 236 g/mol. The van der Waals surface area contributed by atoms with Gasteiger partial charge in [-0.05, 0) is 34.7 Å². The fourth-order valence-electron chi connectivity index (χ4n) is 1.80. The number of aromatic carboxylic acids is 1. The van der Waals surface area contributed by atoms with Gasteiger partial charge in [-0.15, -0.1) is 11.3 Å². The number of carboxylic acid groups (broad SMARTS) is 1. The van der Waals surface area contributed by atoms with Gasteiger partial charge in [0.05, 0.1) is 10.8 Å². The molecule has 0 amide bonds. The van der Waals surface area contributed by atoms with Crippen LogP contribution in [0.5, 0.6) is 5.75 Å². The van der Waals surface area contributed by atoms with E-state index in [0.717, 1.165) is 22.5 Å². The van der Waals surface area contributed by atoms with Crippen molar-refractivity contribution in [3.8, 4) is 5.75 Å². The van der Waals surface area contributed by atoms with Crippen LogP contribution in [0.25, 0.3) is 0 Å². The van der Waals surface area contributed by atoms with E-state index in [-0.39, 0.29) is 16.5 Å². The maximum atomic E-state index is 10.9. The Labute approximate surface area is 103 Å². The van der Waals surface area contributed by atoms with Crippen LogP contribution in [0.3, 0.4) is 0 Å². The molecule has 0 saturated heterocycles. The second kappa shape index (κ2) is 4.59. The zero-order chi connectivity index (χ0) is 12.4. The van der Waals surface area contributed by atoms with E-state index in [1.54, 1.807) is 29.6 Å². The normalized spacial score (nSPS) is 12.3. The predicted molar refractivity (Wildman–Crippen MR) is 64.3 cm³/mol. The van der Waals surface area contributed by atoms with Crippen LogP contribution in [0.2, 0.25) is 0 Å². The standard InChI is InChI=1S/C13H12O3S/c1-8(9-3-2-4-10(14)7-9)11-5-6-17-12(11)13(15)16/h2-8,14H,1H3,(H,15,16)/p-1. The molecule has 1 aromatic carbocycles. The third-order valence-electron chi connectivity index (χ3n) is 2.72. The molecule has 0 radical (unpaired) electrons. The van der Waals surface area contributed by atoms with Crippen LogP contribution in [0.1, 0.15) is 33.6 Å². The van der Waals surface area contributed by atoms with Crippen molar-refractivity contribution in [2.45, 2.75) is 12.8 Å². The minimum absolute atomic E-state index is 0.0822. The number of hydrogen-bond donors (Lipinski definition) is 1. The lowest BCUT2D eigenvalue weighted by Crippen LogP contribution is -2.22. The average molecular weight is 247 g/mol. The molecule has 17 heavy (non-hydrogen) atoms. The summed E-state index contributed by atoms with van der Waals surface area (Å²) < 4.78 is 0. The van der Waals surface area contributed by atoms with Gasteiger partial charge in [0.1, 0.15) is 5.75 Å². The Morgan fingerprint density at radius 1 is 1.41 bits per heavy atom. The van der Waals surface area contributed by atoms with Gasteiger partial charge in [-0.25, -0.2) is 0 Å². The van der Waals surface area contributed by atoms with Gasteiger partial charge in [-0.1, -0.05) is 19.1 Å². The molecule has 1 atom stereocenters. The summed E-state index contributed by atoms with van der Waals surface area (Å²) in [6, 6.07) is 8.61. The lowest BCUT2D eigenvalue weighted by atomic mass is 9.93. The number of thiophene rings is 1. The Balaban J connectivity index is 2.40. The number of carbonyl (C=O) groups excluding carboxylic acids is 1. The Bertz CT molecular complexity index is 545. The van der Waals surface area contributed by atoms with Gasteiger partial charge < -0.3 is 15.0 Å². The van der Waals surface area contributed by atoms with E-state index in [1.165, 1.54) is 0 Å². The monoisotopic (exact) mass is 247 g/mol. The average Bonchev–Trinajstić information content (AvgIpc) is 2.77. The van der Waals surface area contributed by atoms with E-state index >= 15 is 0 Å². The molecule has 0 aliphatic rings. The Morgan fingerprint density at radius 2 is 2.18 bits per heavy atom. The molecule has 0 fully saturated rings. The van der Waals surface area contributed by atoms with Gasteiger partial charge in [0.2, 0.25) is 0 Å². The molecule has 2 rings (SSSR count). The van der Waals surface area contributed by atoms with Gasteiger partial charge in [0, 0.05) is 5.92 Å². The van der Waals surface area contributed by atoms with Crippen molar-refractivity contribution in [1.82, 2.24) is 0 Å². The fourth-order valence-corrected chi connectivity index (χ4v) is 2.63. The smallest absolute Gasteiger partial charge is 0.115 e. The highest BCUT2D eigenvalue weighted by molar-refractivity contribution is 7.12. The Kier molecular flexibility index (Phi) is 3.15. The molecule has 4 heteroatoms. The molecule has 1 heterocycles. The van der Waals surface area contributed by atoms with Crippen LogP contribution in [0, 0.1) is 0 Å². The molecule has 2 aromatic rings. The summed E-state index contributed by atoms with van der Waals surface area (Å²) in [6.07, 6.45) is 0. The summed E-state index contributed by atoms with van der Waals surface area (Å²) in [7, 11) is 0. The van der Waals surface area contributed by atoms with Gasteiger partial charge in [0.15, 0.2) is 0 Å². The van der Waals surface area contributed by atoms with E-state index in [2.05, 4.69) is 0 Å². The van der Waals surface area contributed by atoms with E-state index in [4.69, 9.17) is 0 Å². The highest BCUT2D eigenvalue weighted by Crippen LogP contribution is 2.31. The second-order valence-electron chi connectivity index (χ2n) is 3.81. The van der Waals surface area contributed by atoms with Crippen molar-refractivity contribution in [3.05, 3.63) is 51.7 Å². The first-order valence-electron chi connectivity index (χ1n) is 5.17. The molecule has 1 unspecified atom stereocenters. The van der Waals surface area contributed by atoms with Crippen molar-refractivity contribution in [2.75, 3.05) is 0 Å². The van der Waals surface area contributed by atoms with Crippen molar-refractivity contribution < 1.29 is 15.0 Å². The van der Waals surface area contributed by atoms with Crippen LogP contribution >= 0.6 is 11.3 Å². The number of phenols is 1. The van der Waals surface area contributed by atoms with Crippen molar-refractivity contribution >= 4 is 17.3 Å². The van der Waals surface area contributed by atoms with Gasteiger partial charge >= 0.3 is 0 Å². The number of carbonyl (C=O) groups is 1. The van der Waals surface area contributed by atoms with Gasteiger partial charge in [0.25, 0.3) is 0 Å². The first kappa shape index (κ1) is 11.7. The summed E-state index contributed by atoms with van der Waals surface area (Å²) in [5.74, 6) is -1.05. The first-order valence-corrected chi connectivity index (χ1v) is 6.05. The summed E-state index contributed by atoms with van der Waals surface area (Å²) >= 11 is 1.16. The SMILES string of the molecule is CC(c1cccc(O)c1)c1ccsc1C(=O)[O-]. The van der Waals surface area contributed by atoms with E-state index in [0.29, 0.717) is 0 Å². The minimum Gasteiger partial charge on any atom is -0.544 e. The number of benzene rings is 1. The van der Waals surface area contributed by atoms with Gasteiger partial charge in [-0.3, -0.25) is 0 Å². The lowest BCUT2D eigenvalue weighted by Gasteiger charge is -2.13. The molecule has 1 aromatic heterocycles. The van der Waals surface area contributed by atoms with E-state index in [9.17, 15) is 15.0 Å². The zero-order valence-electron chi connectivity index (χ0n) is 9.21. The van der Waals surface area contributed by atoms with Gasteiger partial charge in [-0.2, -0.15) is 0 Å². The molecule has 88 valence electrons. The van der Waals surface area contributed by atoms with Crippen LogP contribution in [-0.4, -0.2) is 11.1 Å². The minimum atomic E-state index is -1.15. The Hall–Kier alpha value is -1.81. The summed E-state index contributed by atoms with van der Waals surface area (Å²) in [5, 5.41) is 22.1. The summed E-state index contributed by atoms with van der Waals surface area (Å²) in [5.41, 5.74) is 1.60. The van der Waals surface area contributed by atoms with E-state index < -0.39 is 5.97 Å². The highest BCUT2D eigenvalue weighted by atomic mass is 32.1. The molecular formula is C13H11O3S-. The predicted octanol–water partition coefficient (Wildman–Crippen LogP) is 1.97. The molecule has 0 aliphatic heterocycles. The first-order chi connectivity index (χ1) is 8.09. The quantitative estimate of drug-likeness (QED) is 0.902. The molecule has 0 aliphatic carbocycles. The third kappa shape index (κ3) is 2.31. The van der Waals surface area contributed by atoms with Crippen LogP contribution in [-0.2, 0) is 0 Å². The largest absolute Gasteiger partial charge is 0.544 e. The second-order valence-corrected chi connectivity index (χ2v) is 4.73. The van der Waals surface area contributed by atoms with Crippen LogP contribution < -0.4 is 5.11 Å². The number of carboxylic acids is 1. The van der Waals surface area contributed by atoms with Crippen molar-refractivity contribution in [3.63, 3.8) is 0 Å². The summed E-state index contributed by atoms with van der Waals surface area (Å²) in [6.45, 7) is 1.91. The molecule has 3 nitrogen and oxygen atoms in total. The molecule has 0 saturated carbocycles. The molecule has 0 spiro atoms. The number of rotatable bonds is 3. The van der Waals surface area contributed by atoms with Crippen molar-refractivity contribution in [2.24, 2.45) is 0 Å². The zero-order valence-corrected chi connectivity index (χ0v) is 10.0. The summed E-state index contributed by atoms with van der Waals surface area (Å²) in [4.78, 5) is 11.2. The topological polar surface area (TPSA) is 60.4 Å². The fraction of sp³-hybridized carbons (Fsp3) is 0.154. The van der Waals surface area contributed by atoms with Crippen LogP contribution in [0.15, 0.2) is 35.7 Å². The highest BCUT2D eigenvalue weighted by Gasteiger charge is 2.14. The third-order valence-corrected chi connectivity index (χ3v) is 3.63. The number of hydrogen-bond acceptors (Lipinski definition) is 4. The number of phenolic OH excluding ortho intramolecular Hbond substituents is 1. The number of aromatic hydroxyl groups is 1. The van der Waals surface area contributed by atoms with Crippen molar-refractivity contribution in [1.29, 1.82) is 0 Å². The van der Waals surface area contributed by atoms with Crippen LogP contribution in [0.4, 0.5) is 0 Å². The molecule has 1 N–H and O–H groups in total. The lowest BCUT2D eigenvalue weighted by molar-refractivity contribution is -0.254. The maximum Gasteiger partial charge on any atom is 0.115 e.